The zero-order valence-electron chi connectivity index (χ0n) is 14.6. The molecule has 0 aliphatic heterocycles. The Morgan fingerprint density at radius 3 is 2.52 bits per heavy atom. The topological polar surface area (TPSA) is 41.6 Å². The number of carbonyl (C=O) groups excluding carboxylic acids is 1. The van der Waals surface area contributed by atoms with E-state index >= 15 is 0 Å². The maximum atomic E-state index is 13.9. The first-order valence-electron chi connectivity index (χ1n) is 8.07. The van der Waals surface area contributed by atoms with Gasteiger partial charge in [0.1, 0.15) is 0 Å². The lowest BCUT2D eigenvalue weighted by Crippen LogP contribution is -2.41. The average molecular weight is 409 g/mol. The minimum Gasteiger partial charge on any atom is -0.494 e. The number of ether oxygens (including phenoxy) is 1. The fourth-order valence-electron chi connectivity index (χ4n) is 2.51. The van der Waals surface area contributed by atoms with E-state index in [9.17, 15) is 9.18 Å². The van der Waals surface area contributed by atoms with Gasteiger partial charge in [-0.2, -0.15) is 0 Å². The number of hydrogen-bond donors (Lipinski definition) is 1. The predicted molar refractivity (Wildman–Crippen MR) is 101 cm³/mol. The number of anilines is 1. The summed E-state index contributed by atoms with van der Waals surface area (Å²) in [5.74, 6) is -0.283. The van der Waals surface area contributed by atoms with Gasteiger partial charge in [0.15, 0.2) is 11.6 Å². The van der Waals surface area contributed by atoms with Gasteiger partial charge in [-0.05, 0) is 55.4 Å². The molecule has 25 heavy (non-hydrogen) atoms. The summed E-state index contributed by atoms with van der Waals surface area (Å²) in [5, 5.41) is 2.90. The number of halogens is 2. The molecule has 0 aromatic heterocycles. The summed E-state index contributed by atoms with van der Waals surface area (Å²) >= 11 is 3.37. The molecule has 0 saturated carbocycles. The van der Waals surface area contributed by atoms with Crippen molar-refractivity contribution in [2.24, 2.45) is 0 Å². The number of hydrogen-bond acceptors (Lipinski definition) is 3. The predicted octanol–water partition coefficient (Wildman–Crippen LogP) is 4.45. The molecule has 0 unspecified atom stereocenters. The molecule has 0 aliphatic carbocycles. The van der Waals surface area contributed by atoms with Crippen LogP contribution in [0.25, 0.3) is 0 Å². The SMILES string of the molecule is CCN(Cc1ccc(OC)c(F)c1)[C@@H](C)C(=O)Nc1ccc(Br)cc1. The van der Waals surface area contributed by atoms with E-state index in [2.05, 4.69) is 21.2 Å². The van der Waals surface area contributed by atoms with Gasteiger partial charge in [-0.25, -0.2) is 4.39 Å². The van der Waals surface area contributed by atoms with E-state index < -0.39 is 5.82 Å². The fraction of sp³-hybridized carbons (Fsp3) is 0.316. The minimum atomic E-state index is -0.400. The van der Waals surface area contributed by atoms with Crippen molar-refractivity contribution in [2.75, 3.05) is 19.0 Å². The molecule has 2 aromatic carbocycles. The third-order valence-electron chi connectivity index (χ3n) is 4.05. The standard InChI is InChI=1S/C19H22BrFN2O2/c1-4-23(12-14-5-10-18(25-3)17(21)11-14)13(2)19(24)22-16-8-6-15(20)7-9-16/h5-11,13H,4,12H2,1-3H3,(H,22,24)/t13-/m0/s1. The fourth-order valence-corrected chi connectivity index (χ4v) is 2.78. The zero-order chi connectivity index (χ0) is 18.4. The van der Waals surface area contributed by atoms with E-state index in [1.165, 1.54) is 13.2 Å². The number of methoxy groups -OCH3 is 1. The summed E-state index contributed by atoms with van der Waals surface area (Å²) in [6, 6.07) is 11.9. The quantitative estimate of drug-likeness (QED) is 0.735. The smallest absolute Gasteiger partial charge is 0.241 e. The van der Waals surface area contributed by atoms with Crippen molar-refractivity contribution in [3.05, 3.63) is 58.3 Å². The van der Waals surface area contributed by atoms with Crippen molar-refractivity contribution >= 4 is 27.5 Å². The summed E-state index contributed by atoms with van der Waals surface area (Å²) in [6.45, 7) is 4.97. The van der Waals surface area contributed by atoms with Crippen molar-refractivity contribution in [1.82, 2.24) is 4.90 Å². The largest absolute Gasteiger partial charge is 0.494 e. The maximum absolute atomic E-state index is 13.9. The number of likely N-dealkylation sites (N-methyl/N-ethyl adjacent to an activating group) is 1. The lowest BCUT2D eigenvalue weighted by atomic mass is 10.1. The molecule has 4 nitrogen and oxygen atoms in total. The van der Waals surface area contributed by atoms with Crippen LogP contribution in [0.3, 0.4) is 0 Å². The zero-order valence-corrected chi connectivity index (χ0v) is 16.1. The molecule has 0 spiro atoms. The van der Waals surface area contributed by atoms with Gasteiger partial charge >= 0.3 is 0 Å². The van der Waals surface area contributed by atoms with Crippen LogP contribution in [-0.2, 0) is 11.3 Å². The monoisotopic (exact) mass is 408 g/mol. The van der Waals surface area contributed by atoms with E-state index in [0.29, 0.717) is 13.1 Å². The molecule has 0 aliphatic rings. The van der Waals surface area contributed by atoms with Gasteiger partial charge < -0.3 is 10.1 Å². The summed E-state index contributed by atoms with van der Waals surface area (Å²) in [7, 11) is 1.44. The highest BCUT2D eigenvalue weighted by Crippen LogP contribution is 2.20. The van der Waals surface area contributed by atoms with E-state index in [-0.39, 0.29) is 17.7 Å². The van der Waals surface area contributed by atoms with E-state index in [1.807, 2.05) is 49.1 Å². The lowest BCUT2D eigenvalue weighted by Gasteiger charge is -2.27. The van der Waals surface area contributed by atoms with Gasteiger partial charge in [-0.15, -0.1) is 0 Å². The molecule has 1 atom stereocenters. The van der Waals surface area contributed by atoms with Gasteiger partial charge in [0, 0.05) is 16.7 Å². The highest BCUT2D eigenvalue weighted by atomic mass is 79.9. The molecular weight excluding hydrogens is 387 g/mol. The first kappa shape index (κ1) is 19.4. The molecule has 0 radical (unpaired) electrons. The van der Waals surface area contributed by atoms with Crippen LogP contribution in [-0.4, -0.2) is 30.5 Å². The van der Waals surface area contributed by atoms with Gasteiger partial charge in [0.05, 0.1) is 13.2 Å². The average Bonchev–Trinajstić information content (AvgIpc) is 2.61. The Morgan fingerprint density at radius 1 is 1.28 bits per heavy atom. The summed E-state index contributed by atoms with van der Waals surface area (Å²) in [4.78, 5) is 14.5. The third kappa shape index (κ3) is 5.28. The number of nitrogens with zero attached hydrogens (tertiary/aromatic N) is 1. The van der Waals surface area contributed by atoms with Gasteiger partial charge in [0.2, 0.25) is 5.91 Å². The second-order valence-electron chi connectivity index (χ2n) is 5.70. The Labute approximate surface area is 156 Å². The Kier molecular flexibility index (Phi) is 6.96. The molecule has 0 saturated heterocycles. The molecule has 2 aromatic rings. The second-order valence-corrected chi connectivity index (χ2v) is 6.62. The normalized spacial score (nSPS) is 12.1. The van der Waals surface area contributed by atoms with Crippen molar-refractivity contribution in [1.29, 1.82) is 0 Å². The van der Waals surface area contributed by atoms with Crippen LogP contribution in [0.5, 0.6) is 5.75 Å². The van der Waals surface area contributed by atoms with Crippen molar-refractivity contribution in [2.45, 2.75) is 26.4 Å². The molecule has 1 amide bonds. The van der Waals surface area contributed by atoms with Crippen molar-refractivity contribution < 1.29 is 13.9 Å². The first-order chi connectivity index (χ1) is 11.9. The Morgan fingerprint density at radius 2 is 1.96 bits per heavy atom. The molecule has 0 fully saturated rings. The summed E-state index contributed by atoms with van der Waals surface area (Å²) in [5.41, 5.74) is 1.54. The Balaban J connectivity index is 2.04. The van der Waals surface area contributed by atoms with Crippen LogP contribution >= 0.6 is 15.9 Å². The molecule has 2 rings (SSSR count). The summed E-state index contributed by atoms with van der Waals surface area (Å²) < 4.78 is 19.7. The molecular formula is C19H22BrFN2O2. The van der Waals surface area contributed by atoms with Crippen LogP contribution < -0.4 is 10.1 Å². The molecule has 0 bridgehead atoms. The van der Waals surface area contributed by atoms with E-state index in [0.717, 1.165) is 15.7 Å². The van der Waals surface area contributed by atoms with Crippen LogP contribution in [0.15, 0.2) is 46.9 Å². The second kappa shape index (κ2) is 8.97. The van der Waals surface area contributed by atoms with Crippen LogP contribution in [0, 0.1) is 5.82 Å². The van der Waals surface area contributed by atoms with Crippen molar-refractivity contribution in [3.8, 4) is 5.75 Å². The summed E-state index contributed by atoms with van der Waals surface area (Å²) in [6.07, 6.45) is 0. The third-order valence-corrected chi connectivity index (χ3v) is 4.58. The van der Waals surface area contributed by atoms with Gasteiger partial charge in [-0.3, -0.25) is 9.69 Å². The number of benzene rings is 2. The Hall–Kier alpha value is -1.92. The van der Waals surface area contributed by atoms with Crippen LogP contribution in [0.4, 0.5) is 10.1 Å². The highest BCUT2D eigenvalue weighted by molar-refractivity contribution is 9.10. The number of carbonyl (C=O) groups is 1. The Bertz CT molecular complexity index is 722. The highest BCUT2D eigenvalue weighted by Gasteiger charge is 2.20. The van der Waals surface area contributed by atoms with Crippen molar-refractivity contribution in [3.63, 3.8) is 0 Å². The van der Waals surface area contributed by atoms with Gasteiger partial charge in [-0.1, -0.05) is 28.9 Å². The molecule has 6 heteroatoms. The van der Waals surface area contributed by atoms with Gasteiger partial charge in [0.25, 0.3) is 0 Å². The van der Waals surface area contributed by atoms with Crippen LogP contribution in [0.2, 0.25) is 0 Å². The molecule has 134 valence electrons. The molecule has 0 heterocycles. The number of rotatable bonds is 7. The maximum Gasteiger partial charge on any atom is 0.241 e. The number of amides is 1. The first-order valence-corrected chi connectivity index (χ1v) is 8.86. The minimum absolute atomic E-state index is 0.0989. The molecule has 1 N–H and O–H groups in total. The number of nitrogens with one attached hydrogen (secondary N) is 1. The van der Waals surface area contributed by atoms with E-state index in [1.54, 1.807) is 6.07 Å². The van der Waals surface area contributed by atoms with E-state index in [4.69, 9.17) is 4.74 Å². The lowest BCUT2D eigenvalue weighted by molar-refractivity contribution is -0.120. The van der Waals surface area contributed by atoms with Crippen LogP contribution in [0.1, 0.15) is 19.4 Å².